The summed E-state index contributed by atoms with van der Waals surface area (Å²) in [6.45, 7) is 2.02. The van der Waals surface area contributed by atoms with Gasteiger partial charge in [0.1, 0.15) is 5.82 Å². The number of nitrogens with zero attached hydrogens (tertiary/aromatic N) is 3. The Labute approximate surface area is 114 Å². The third-order valence-electron chi connectivity index (χ3n) is 3.14. The van der Waals surface area contributed by atoms with Crippen molar-refractivity contribution >= 4 is 23.1 Å². The lowest BCUT2D eigenvalue weighted by Crippen LogP contribution is -2.05. The Bertz CT molecular complexity index is 660. The average Bonchev–Trinajstić information content (AvgIpc) is 2.72. The Kier molecular flexibility index (Phi) is 3.29. The van der Waals surface area contributed by atoms with Crippen molar-refractivity contribution in [2.75, 3.05) is 5.75 Å². The molecule has 1 aromatic heterocycles. The molecule has 2 aromatic rings. The summed E-state index contributed by atoms with van der Waals surface area (Å²) in [7, 11) is -1.08. The van der Waals surface area contributed by atoms with Crippen LogP contribution in [0.5, 0.6) is 0 Å². The van der Waals surface area contributed by atoms with Crippen LogP contribution in [0.2, 0.25) is 0 Å². The summed E-state index contributed by atoms with van der Waals surface area (Å²) in [6, 6.07) is 8.21. The Morgan fingerprint density at radius 2 is 2.16 bits per heavy atom. The molecule has 0 amide bonds. The summed E-state index contributed by atoms with van der Waals surface area (Å²) < 4.78 is 14.0. The first-order valence-corrected chi connectivity index (χ1v) is 7.69. The van der Waals surface area contributed by atoms with E-state index in [2.05, 4.69) is 22.3 Å². The van der Waals surface area contributed by atoms with Crippen molar-refractivity contribution in [2.24, 2.45) is 0 Å². The molecule has 4 nitrogen and oxygen atoms in total. The highest BCUT2D eigenvalue weighted by Gasteiger charge is 2.18. The normalized spacial score (nSPS) is 14.6. The summed E-state index contributed by atoms with van der Waals surface area (Å²) in [4.78, 5) is 0. The van der Waals surface area contributed by atoms with Crippen molar-refractivity contribution in [3.8, 4) is 0 Å². The molecule has 1 aromatic carbocycles. The van der Waals surface area contributed by atoms with E-state index in [4.69, 9.17) is 0 Å². The smallest absolute Gasteiger partial charge is 0.225 e. The summed E-state index contributed by atoms with van der Waals surface area (Å²) in [5, 5.41) is 8.84. The monoisotopic (exact) mass is 273 g/mol. The molecule has 98 valence electrons. The standard InChI is InChI=1S/C14H15N3OS/c1-2-9-19(18)14-16-15-13-10-12-6-4-3-5-11(12)7-8-17(13)14/h3-8H,2,9-10H2,1H3. The summed E-state index contributed by atoms with van der Waals surface area (Å²) >= 11 is 0. The fourth-order valence-electron chi connectivity index (χ4n) is 2.19. The second-order valence-corrected chi connectivity index (χ2v) is 5.97. The van der Waals surface area contributed by atoms with Gasteiger partial charge in [0.05, 0.1) is 10.8 Å². The van der Waals surface area contributed by atoms with Gasteiger partial charge in [0.15, 0.2) is 0 Å². The van der Waals surface area contributed by atoms with Crippen LogP contribution in [-0.4, -0.2) is 24.7 Å². The van der Waals surface area contributed by atoms with Gasteiger partial charge in [0.2, 0.25) is 5.16 Å². The quantitative estimate of drug-likeness (QED) is 0.736. The van der Waals surface area contributed by atoms with Gasteiger partial charge in [-0.05, 0) is 23.6 Å². The molecule has 5 heteroatoms. The molecule has 0 spiro atoms. The molecule has 0 saturated carbocycles. The van der Waals surface area contributed by atoms with E-state index in [1.165, 1.54) is 11.1 Å². The molecular weight excluding hydrogens is 258 g/mol. The van der Waals surface area contributed by atoms with E-state index in [1.807, 2.05) is 35.9 Å². The van der Waals surface area contributed by atoms with Gasteiger partial charge >= 0.3 is 0 Å². The van der Waals surface area contributed by atoms with Crippen LogP contribution in [0.25, 0.3) is 12.3 Å². The number of rotatable bonds is 3. The second kappa shape index (κ2) is 5.09. The number of aromatic nitrogens is 3. The van der Waals surface area contributed by atoms with E-state index in [0.717, 1.165) is 18.7 Å². The topological polar surface area (TPSA) is 47.8 Å². The van der Waals surface area contributed by atoms with Gasteiger partial charge in [-0.3, -0.25) is 8.78 Å². The zero-order valence-corrected chi connectivity index (χ0v) is 11.6. The molecule has 19 heavy (non-hydrogen) atoms. The van der Waals surface area contributed by atoms with Crippen molar-refractivity contribution in [1.29, 1.82) is 0 Å². The molecule has 0 fully saturated rings. The lowest BCUT2D eigenvalue weighted by Gasteiger charge is -2.02. The lowest BCUT2D eigenvalue weighted by molar-refractivity contribution is 0.671. The van der Waals surface area contributed by atoms with Crippen LogP contribution in [0.1, 0.15) is 30.3 Å². The highest BCUT2D eigenvalue weighted by molar-refractivity contribution is 7.84. The Morgan fingerprint density at radius 1 is 1.32 bits per heavy atom. The number of hydrogen-bond donors (Lipinski definition) is 0. The highest BCUT2D eigenvalue weighted by Crippen LogP contribution is 2.21. The van der Waals surface area contributed by atoms with Crippen LogP contribution in [-0.2, 0) is 17.2 Å². The third kappa shape index (κ3) is 2.26. The van der Waals surface area contributed by atoms with Gasteiger partial charge in [0.25, 0.3) is 0 Å². The Morgan fingerprint density at radius 3 is 3.00 bits per heavy atom. The minimum atomic E-state index is -1.08. The van der Waals surface area contributed by atoms with E-state index < -0.39 is 10.8 Å². The molecule has 0 radical (unpaired) electrons. The van der Waals surface area contributed by atoms with Crippen molar-refractivity contribution in [3.63, 3.8) is 0 Å². The Balaban J connectivity index is 2.03. The van der Waals surface area contributed by atoms with Crippen molar-refractivity contribution in [1.82, 2.24) is 14.8 Å². The zero-order valence-electron chi connectivity index (χ0n) is 10.7. The van der Waals surface area contributed by atoms with Crippen LogP contribution in [0, 0.1) is 0 Å². The van der Waals surface area contributed by atoms with Crippen molar-refractivity contribution < 1.29 is 4.21 Å². The predicted molar refractivity (Wildman–Crippen MR) is 76.1 cm³/mol. The maximum absolute atomic E-state index is 12.1. The SMILES string of the molecule is CCCS(=O)c1nnc2n1C=Cc1ccccc1C2. The molecule has 1 aliphatic rings. The van der Waals surface area contributed by atoms with Crippen molar-refractivity contribution in [3.05, 3.63) is 41.2 Å². The second-order valence-electron chi connectivity index (χ2n) is 4.51. The molecule has 2 heterocycles. The van der Waals surface area contributed by atoms with Gasteiger partial charge in [-0.25, -0.2) is 0 Å². The van der Waals surface area contributed by atoms with E-state index in [9.17, 15) is 4.21 Å². The molecule has 1 unspecified atom stereocenters. The van der Waals surface area contributed by atoms with E-state index in [-0.39, 0.29) is 0 Å². The maximum atomic E-state index is 12.1. The molecule has 0 saturated heterocycles. The number of benzene rings is 1. The third-order valence-corrected chi connectivity index (χ3v) is 4.60. The van der Waals surface area contributed by atoms with E-state index >= 15 is 0 Å². The minimum absolute atomic E-state index is 0.556. The van der Waals surface area contributed by atoms with Gasteiger partial charge < -0.3 is 0 Å². The first-order chi connectivity index (χ1) is 9.29. The zero-order chi connectivity index (χ0) is 13.2. The molecule has 0 N–H and O–H groups in total. The largest absolute Gasteiger partial charge is 0.279 e. The molecule has 0 bridgehead atoms. The molecule has 1 atom stereocenters. The van der Waals surface area contributed by atoms with Gasteiger partial charge in [-0.2, -0.15) is 0 Å². The fourth-order valence-corrected chi connectivity index (χ4v) is 3.26. The van der Waals surface area contributed by atoms with Gasteiger partial charge in [-0.1, -0.05) is 31.2 Å². The summed E-state index contributed by atoms with van der Waals surface area (Å²) in [5.74, 6) is 1.47. The maximum Gasteiger partial charge on any atom is 0.225 e. The lowest BCUT2D eigenvalue weighted by atomic mass is 10.1. The van der Waals surface area contributed by atoms with E-state index in [0.29, 0.717) is 10.9 Å². The summed E-state index contributed by atoms with van der Waals surface area (Å²) in [6.07, 6.45) is 5.55. The first-order valence-electron chi connectivity index (χ1n) is 6.38. The molecule has 1 aliphatic heterocycles. The van der Waals surface area contributed by atoms with Crippen LogP contribution < -0.4 is 0 Å². The van der Waals surface area contributed by atoms with E-state index in [1.54, 1.807) is 0 Å². The molecule has 0 aliphatic carbocycles. The van der Waals surface area contributed by atoms with Crippen LogP contribution in [0.4, 0.5) is 0 Å². The van der Waals surface area contributed by atoms with Crippen LogP contribution in [0.3, 0.4) is 0 Å². The van der Waals surface area contributed by atoms with Crippen LogP contribution in [0.15, 0.2) is 29.4 Å². The molecule has 3 rings (SSSR count). The summed E-state index contributed by atoms with van der Waals surface area (Å²) in [5.41, 5.74) is 2.40. The number of hydrogen-bond acceptors (Lipinski definition) is 3. The predicted octanol–water partition coefficient (Wildman–Crippen LogP) is 2.33. The van der Waals surface area contributed by atoms with Crippen LogP contribution >= 0.6 is 0 Å². The average molecular weight is 273 g/mol. The minimum Gasteiger partial charge on any atom is -0.279 e. The molecular formula is C14H15N3OS. The van der Waals surface area contributed by atoms with Crippen molar-refractivity contribution in [2.45, 2.75) is 24.9 Å². The van der Waals surface area contributed by atoms with Gasteiger partial charge in [-0.15, -0.1) is 10.2 Å². The van der Waals surface area contributed by atoms with Gasteiger partial charge in [0, 0.05) is 18.4 Å². The first kappa shape index (κ1) is 12.3. The Hall–Kier alpha value is -1.75. The fraction of sp³-hybridized carbons (Fsp3) is 0.286. The highest BCUT2D eigenvalue weighted by atomic mass is 32.2. The number of fused-ring (bicyclic) bond motifs is 2.